The molecule has 1 unspecified atom stereocenters. The molecule has 6 nitrogen and oxygen atoms in total. The largest absolute Gasteiger partial charge is 0.313 e. The number of nitrogens with zero attached hydrogens (tertiary/aromatic N) is 4. The molecule has 2 fully saturated rings. The summed E-state index contributed by atoms with van der Waals surface area (Å²) in [6.45, 7) is 2.97. The van der Waals surface area contributed by atoms with Crippen LogP contribution >= 0.6 is 11.3 Å². The Balaban J connectivity index is 1.54. The zero-order valence-electron chi connectivity index (χ0n) is 11.9. The van der Waals surface area contributed by atoms with Gasteiger partial charge in [-0.2, -0.15) is 9.61 Å². The van der Waals surface area contributed by atoms with Gasteiger partial charge in [-0.3, -0.25) is 9.69 Å². The van der Waals surface area contributed by atoms with Crippen molar-refractivity contribution in [3.05, 3.63) is 27.6 Å². The Hall–Kier alpha value is -1.31. The maximum atomic E-state index is 12.0. The Morgan fingerprint density at radius 1 is 1.43 bits per heavy atom. The normalized spacial score (nSPS) is 22.4. The Morgan fingerprint density at radius 2 is 2.33 bits per heavy atom. The van der Waals surface area contributed by atoms with Crippen molar-refractivity contribution < 1.29 is 0 Å². The van der Waals surface area contributed by atoms with E-state index >= 15 is 0 Å². The van der Waals surface area contributed by atoms with Crippen LogP contribution in [0.5, 0.6) is 0 Å². The predicted molar refractivity (Wildman–Crippen MR) is 81.6 cm³/mol. The van der Waals surface area contributed by atoms with Crippen molar-refractivity contribution in [3.8, 4) is 0 Å². The van der Waals surface area contributed by atoms with Gasteiger partial charge in [0, 0.05) is 31.2 Å². The molecule has 2 aromatic rings. The van der Waals surface area contributed by atoms with Crippen molar-refractivity contribution >= 4 is 16.3 Å². The lowest BCUT2D eigenvalue weighted by atomic mass is 10.2. The fourth-order valence-electron chi connectivity index (χ4n) is 3.07. The molecule has 2 aromatic heterocycles. The van der Waals surface area contributed by atoms with Gasteiger partial charge in [0.1, 0.15) is 5.51 Å². The van der Waals surface area contributed by atoms with E-state index in [0.29, 0.717) is 17.0 Å². The summed E-state index contributed by atoms with van der Waals surface area (Å²) in [5.41, 5.74) is 2.45. The third-order valence-corrected chi connectivity index (χ3v) is 4.96. The lowest BCUT2D eigenvalue weighted by Gasteiger charge is -2.25. The van der Waals surface area contributed by atoms with E-state index in [-0.39, 0.29) is 5.56 Å². The first-order valence-electron chi connectivity index (χ1n) is 7.59. The van der Waals surface area contributed by atoms with E-state index in [1.165, 1.54) is 41.5 Å². The maximum Gasteiger partial charge on any atom is 0.275 e. The van der Waals surface area contributed by atoms with Crippen molar-refractivity contribution in [2.24, 2.45) is 0 Å². The lowest BCUT2D eigenvalue weighted by Crippen LogP contribution is -2.38. The van der Waals surface area contributed by atoms with Crippen molar-refractivity contribution in [1.82, 2.24) is 24.8 Å². The Labute approximate surface area is 126 Å². The zero-order chi connectivity index (χ0) is 14.2. The van der Waals surface area contributed by atoms with Crippen LogP contribution in [0, 0.1) is 0 Å². The first kappa shape index (κ1) is 13.4. The second-order valence-corrected chi connectivity index (χ2v) is 6.78. The molecule has 2 aliphatic rings. The summed E-state index contributed by atoms with van der Waals surface area (Å²) in [5, 5.41) is 7.56. The van der Waals surface area contributed by atoms with Crippen LogP contribution in [-0.4, -0.2) is 44.7 Å². The second kappa shape index (κ2) is 5.47. The van der Waals surface area contributed by atoms with E-state index < -0.39 is 0 Å². The maximum absolute atomic E-state index is 12.0. The van der Waals surface area contributed by atoms with Crippen LogP contribution in [-0.2, 0) is 6.54 Å². The van der Waals surface area contributed by atoms with Crippen molar-refractivity contribution in [3.63, 3.8) is 0 Å². The molecule has 0 aromatic carbocycles. The quantitative estimate of drug-likeness (QED) is 0.888. The summed E-state index contributed by atoms with van der Waals surface area (Å²) in [6, 6.07) is 2.90. The average Bonchev–Trinajstić information content (AvgIpc) is 2.98. The van der Waals surface area contributed by atoms with E-state index in [1.54, 1.807) is 11.6 Å². The minimum absolute atomic E-state index is 0.0778. The van der Waals surface area contributed by atoms with E-state index in [0.717, 1.165) is 25.3 Å². The van der Waals surface area contributed by atoms with Crippen LogP contribution in [0.1, 0.15) is 31.4 Å². The summed E-state index contributed by atoms with van der Waals surface area (Å²) >= 11 is 1.41. The number of fused-ring (bicyclic) bond motifs is 1. The van der Waals surface area contributed by atoms with Crippen LogP contribution < -0.4 is 10.9 Å². The minimum atomic E-state index is -0.0778. The number of rotatable bonds is 5. The van der Waals surface area contributed by atoms with E-state index in [2.05, 4.69) is 20.3 Å². The smallest absolute Gasteiger partial charge is 0.275 e. The molecule has 0 spiro atoms. The monoisotopic (exact) mass is 305 g/mol. The van der Waals surface area contributed by atoms with Gasteiger partial charge < -0.3 is 5.32 Å². The molecule has 7 heteroatoms. The highest BCUT2D eigenvalue weighted by atomic mass is 32.1. The molecule has 112 valence electrons. The number of nitrogens with one attached hydrogen (secondary N) is 1. The molecular weight excluding hydrogens is 286 g/mol. The predicted octanol–water partition coefficient (Wildman–Crippen LogP) is 0.867. The van der Waals surface area contributed by atoms with Crippen molar-refractivity contribution in [2.75, 3.05) is 13.1 Å². The highest BCUT2D eigenvalue weighted by molar-refractivity contribution is 7.14. The SMILES string of the molecule is O=c1cc(CN(CC2CCCN2)C2CC2)nc2scnn12. The zero-order valence-corrected chi connectivity index (χ0v) is 12.7. The molecule has 1 saturated carbocycles. The highest BCUT2D eigenvalue weighted by Crippen LogP contribution is 2.28. The Morgan fingerprint density at radius 3 is 3.10 bits per heavy atom. The molecule has 1 N–H and O–H groups in total. The van der Waals surface area contributed by atoms with Gasteiger partial charge in [-0.25, -0.2) is 4.98 Å². The van der Waals surface area contributed by atoms with Gasteiger partial charge in [0.25, 0.3) is 5.56 Å². The summed E-state index contributed by atoms with van der Waals surface area (Å²) in [4.78, 5) is 19.8. The Kier molecular flexibility index (Phi) is 3.48. The lowest BCUT2D eigenvalue weighted by molar-refractivity contribution is 0.228. The van der Waals surface area contributed by atoms with E-state index in [9.17, 15) is 4.79 Å². The van der Waals surface area contributed by atoms with Gasteiger partial charge in [0.2, 0.25) is 4.96 Å². The topological polar surface area (TPSA) is 62.5 Å². The van der Waals surface area contributed by atoms with Gasteiger partial charge in [-0.15, -0.1) is 0 Å². The fourth-order valence-corrected chi connectivity index (χ4v) is 3.71. The van der Waals surface area contributed by atoms with Crippen molar-refractivity contribution in [2.45, 2.75) is 44.3 Å². The van der Waals surface area contributed by atoms with E-state index in [4.69, 9.17) is 0 Å². The highest BCUT2D eigenvalue weighted by Gasteiger charge is 2.31. The third-order valence-electron chi connectivity index (χ3n) is 4.29. The molecule has 1 aliphatic heterocycles. The van der Waals surface area contributed by atoms with Gasteiger partial charge in [-0.05, 0) is 32.2 Å². The molecule has 0 radical (unpaired) electrons. The average molecular weight is 305 g/mol. The molecule has 0 bridgehead atoms. The summed E-state index contributed by atoms with van der Waals surface area (Å²) in [6.07, 6.45) is 5.08. The molecule has 1 atom stereocenters. The molecular formula is C14H19N5OS. The molecule has 1 saturated heterocycles. The molecule has 1 aliphatic carbocycles. The van der Waals surface area contributed by atoms with Crippen LogP contribution in [0.4, 0.5) is 0 Å². The first-order chi connectivity index (χ1) is 10.3. The van der Waals surface area contributed by atoms with Crippen LogP contribution in [0.25, 0.3) is 4.96 Å². The number of hydrogen-bond acceptors (Lipinski definition) is 6. The van der Waals surface area contributed by atoms with Gasteiger partial charge in [0.05, 0.1) is 5.69 Å². The summed E-state index contributed by atoms with van der Waals surface area (Å²) in [7, 11) is 0. The number of hydrogen-bond donors (Lipinski definition) is 1. The van der Waals surface area contributed by atoms with Crippen LogP contribution in [0.3, 0.4) is 0 Å². The Bertz CT molecular complexity index is 686. The van der Waals surface area contributed by atoms with Gasteiger partial charge in [-0.1, -0.05) is 11.3 Å². The van der Waals surface area contributed by atoms with E-state index in [1.807, 2.05) is 0 Å². The molecule has 3 heterocycles. The van der Waals surface area contributed by atoms with Crippen LogP contribution in [0.15, 0.2) is 16.4 Å². The number of aromatic nitrogens is 3. The molecule has 21 heavy (non-hydrogen) atoms. The summed E-state index contributed by atoms with van der Waals surface area (Å²) in [5.74, 6) is 0. The van der Waals surface area contributed by atoms with Crippen LogP contribution in [0.2, 0.25) is 0 Å². The second-order valence-electron chi connectivity index (χ2n) is 5.97. The minimum Gasteiger partial charge on any atom is -0.313 e. The standard InChI is InChI=1S/C14H19N5OS/c20-13-6-11(17-14-19(13)16-9-21-14)8-18(12-3-4-12)7-10-2-1-5-15-10/h6,9-10,12,15H,1-5,7-8H2. The first-order valence-corrected chi connectivity index (χ1v) is 8.47. The molecule has 0 amide bonds. The third kappa shape index (κ3) is 2.86. The summed E-state index contributed by atoms with van der Waals surface area (Å²) < 4.78 is 1.37. The van der Waals surface area contributed by atoms with Crippen molar-refractivity contribution in [1.29, 1.82) is 0 Å². The van der Waals surface area contributed by atoms with Gasteiger partial charge >= 0.3 is 0 Å². The fraction of sp³-hybridized carbons (Fsp3) is 0.643. The molecule has 4 rings (SSSR count). The van der Waals surface area contributed by atoms with Gasteiger partial charge in [0.15, 0.2) is 0 Å².